The van der Waals surface area contributed by atoms with Crippen molar-refractivity contribution in [3.05, 3.63) is 30.0 Å². The lowest BCUT2D eigenvalue weighted by Gasteiger charge is -2.26. The second-order valence-electron chi connectivity index (χ2n) is 5.14. The first-order chi connectivity index (χ1) is 10.1. The van der Waals surface area contributed by atoms with Crippen LogP contribution in [-0.2, 0) is 9.53 Å². The molecule has 7 nitrogen and oxygen atoms in total. The maximum absolute atomic E-state index is 12.5. The summed E-state index contributed by atoms with van der Waals surface area (Å²) in [7, 11) is 1.61. The Hall–Kier alpha value is -2.41. The summed E-state index contributed by atoms with van der Waals surface area (Å²) >= 11 is 0. The lowest BCUT2D eigenvalue weighted by molar-refractivity contribution is -0.142. The van der Waals surface area contributed by atoms with Gasteiger partial charge in [0.05, 0.1) is 31.0 Å². The van der Waals surface area contributed by atoms with Gasteiger partial charge in [0.1, 0.15) is 5.92 Å². The minimum Gasteiger partial charge on any atom is -0.481 e. The Morgan fingerprint density at radius 1 is 1.43 bits per heavy atom. The first-order valence-electron chi connectivity index (χ1n) is 6.59. The van der Waals surface area contributed by atoms with Gasteiger partial charge in [-0.15, -0.1) is 0 Å². The van der Waals surface area contributed by atoms with Crippen LogP contribution in [-0.4, -0.2) is 58.4 Å². The molecular weight excluding hydrogens is 274 g/mol. The molecule has 1 aliphatic heterocycles. The average molecular weight is 289 g/mol. The molecular formula is C14H15N3O4. The number of carbonyl (C=O) groups is 2. The zero-order chi connectivity index (χ0) is 15.0. The molecule has 2 heterocycles. The Balaban J connectivity index is 1.84. The Labute approximate surface area is 120 Å². The molecule has 1 amide bonds. The third kappa shape index (κ3) is 2.36. The Morgan fingerprint density at radius 2 is 2.24 bits per heavy atom. The van der Waals surface area contributed by atoms with Gasteiger partial charge in [-0.05, 0) is 18.2 Å². The molecule has 2 unspecified atom stereocenters. The SMILES string of the molecule is CN(C(=O)c1ccc2[nH]ncc2c1)C1COCC1C(=O)O. The van der Waals surface area contributed by atoms with Crippen molar-refractivity contribution in [2.24, 2.45) is 5.92 Å². The third-order valence-electron chi connectivity index (χ3n) is 3.87. The predicted octanol–water partition coefficient (Wildman–Crippen LogP) is 0.734. The van der Waals surface area contributed by atoms with Gasteiger partial charge in [0.25, 0.3) is 5.91 Å². The van der Waals surface area contributed by atoms with Gasteiger partial charge in [-0.3, -0.25) is 14.7 Å². The van der Waals surface area contributed by atoms with Gasteiger partial charge in [0, 0.05) is 18.0 Å². The van der Waals surface area contributed by atoms with E-state index in [0.717, 1.165) is 10.9 Å². The number of nitrogens with zero attached hydrogens (tertiary/aromatic N) is 2. The number of hydrogen-bond acceptors (Lipinski definition) is 4. The van der Waals surface area contributed by atoms with E-state index in [-0.39, 0.29) is 19.1 Å². The number of aliphatic carboxylic acids is 1. The standard InChI is InChI=1S/C14H15N3O4/c1-17(12-7-21-6-10(12)14(19)20)13(18)8-2-3-11-9(4-8)5-15-16-11/h2-5,10,12H,6-7H2,1H3,(H,15,16)(H,19,20). The number of H-pyrrole nitrogens is 1. The number of carboxylic acid groups (broad SMARTS) is 1. The van der Waals surface area contributed by atoms with Gasteiger partial charge in [0.15, 0.2) is 0 Å². The Morgan fingerprint density at radius 3 is 3.00 bits per heavy atom. The van der Waals surface area contributed by atoms with E-state index in [1.807, 2.05) is 0 Å². The highest BCUT2D eigenvalue weighted by Gasteiger charge is 2.38. The minimum atomic E-state index is -0.942. The number of benzene rings is 1. The molecule has 1 aromatic carbocycles. The predicted molar refractivity (Wildman–Crippen MR) is 73.9 cm³/mol. The van der Waals surface area contributed by atoms with Crippen molar-refractivity contribution in [1.82, 2.24) is 15.1 Å². The summed E-state index contributed by atoms with van der Waals surface area (Å²) < 4.78 is 5.21. The Bertz CT molecular complexity index is 696. The molecule has 110 valence electrons. The summed E-state index contributed by atoms with van der Waals surface area (Å²) in [4.78, 5) is 25.1. The van der Waals surface area contributed by atoms with Crippen molar-refractivity contribution >= 4 is 22.8 Å². The highest BCUT2D eigenvalue weighted by Crippen LogP contribution is 2.22. The molecule has 1 aliphatic rings. The largest absolute Gasteiger partial charge is 0.481 e. The molecule has 2 atom stereocenters. The maximum atomic E-state index is 12.5. The molecule has 2 N–H and O–H groups in total. The van der Waals surface area contributed by atoms with E-state index in [9.17, 15) is 9.59 Å². The normalized spacial score (nSPS) is 21.6. The van der Waals surface area contributed by atoms with Crippen LogP contribution in [0.2, 0.25) is 0 Å². The monoisotopic (exact) mass is 289 g/mol. The molecule has 0 aliphatic carbocycles. The molecule has 3 rings (SSSR count). The van der Waals surface area contributed by atoms with Crippen LogP contribution in [0.1, 0.15) is 10.4 Å². The number of aromatic nitrogens is 2. The van der Waals surface area contributed by atoms with E-state index >= 15 is 0 Å². The van der Waals surface area contributed by atoms with E-state index in [0.29, 0.717) is 5.56 Å². The summed E-state index contributed by atoms with van der Waals surface area (Å²) in [5.74, 6) is -1.85. The molecule has 0 saturated carbocycles. The number of ether oxygens (including phenoxy) is 1. The van der Waals surface area contributed by atoms with Crippen LogP contribution in [0.5, 0.6) is 0 Å². The van der Waals surface area contributed by atoms with Crippen molar-refractivity contribution in [3.63, 3.8) is 0 Å². The molecule has 0 bridgehead atoms. The van der Waals surface area contributed by atoms with Crippen LogP contribution in [0.3, 0.4) is 0 Å². The van der Waals surface area contributed by atoms with Crippen LogP contribution in [0, 0.1) is 5.92 Å². The van der Waals surface area contributed by atoms with Crippen LogP contribution in [0.15, 0.2) is 24.4 Å². The van der Waals surface area contributed by atoms with Gasteiger partial charge >= 0.3 is 5.97 Å². The fourth-order valence-corrected chi connectivity index (χ4v) is 2.59. The fraction of sp³-hybridized carbons (Fsp3) is 0.357. The summed E-state index contributed by atoms with van der Waals surface area (Å²) in [6.07, 6.45) is 1.64. The maximum Gasteiger partial charge on any atom is 0.311 e. The van der Waals surface area contributed by atoms with Gasteiger partial charge in [0.2, 0.25) is 0 Å². The summed E-state index contributed by atoms with van der Waals surface area (Å²) in [6.45, 7) is 0.381. The molecule has 0 radical (unpaired) electrons. The highest BCUT2D eigenvalue weighted by molar-refractivity contribution is 5.98. The smallest absolute Gasteiger partial charge is 0.311 e. The van der Waals surface area contributed by atoms with Crippen molar-refractivity contribution in [2.45, 2.75) is 6.04 Å². The van der Waals surface area contributed by atoms with Crippen LogP contribution in [0.25, 0.3) is 10.9 Å². The lowest BCUT2D eigenvalue weighted by atomic mass is 10.0. The molecule has 21 heavy (non-hydrogen) atoms. The molecule has 2 aromatic rings. The number of carboxylic acids is 1. The number of carbonyl (C=O) groups excluding carboxylic acids is 1. The van der Waals surface area contributed by atoms with Crippen molar-refractivity contribution in [2.75, 3.05) is 20.3 Å². The average Bonchev–Trinajstić information content (AvgIpc) is 3.13. The van der Waals surface area contributed by atoms with E-state index in [1.165, 1.54) is 4.90 Å². The van der Waals surface area contributed by atoms with E-state index in [1.54, 1.807) is 31.4 Å². The molecule has 1 aromatic heterocycles. The minimum absolute atomic E-state index is 0.137. The first-order valence-corrected chi connectivity index (χ1v) is 6.59. The van der Waals surface area contributed by atoms with Gasteiger partial charge in [-0.25, -0.2) is 0 Å². The first kappa shape index (κ1) is 13.6. The third-order valence-corrected chi connectivity index (χ3v) is 3.87. The van der Waals surface area contributed by atoms with E-state index in [4.69, 9.17) is 9.84 Å². The molecule has 7 heteroatoms. The van der Waals surface area contributed by atoms with Gasteiger partial charge < -0.3 is 14.7 Å². The molecule has 0 spiro atoms. The quantitative estimate of drug-likeness (QED) is 0.868. The zero-order valence-electron chi connectivity index (χ0n) is 11.4. The summed E-state index contributed by atoms with van der Waals surface area (Å²) in [5, 5.41) is 16.7. The number of aromatic amines is 1. The lowest BCUT2D eigenvalue weighted by Crippen LogP contribution is -2.44. The van der Waals surface area contributed by atoms with Crippen molar-refractivity contribution in [1.29, 1.82) is 0 Å². The fourth-order valence-electron chi connectivity index (χ4n) is 2.59. The number of amides is 1. The van der Waals surface area contributed by atoms with Crippen LogP contribution < -0.4 is 0 Å². The zero-order valence-corrected chi connectivity index (χ0v) is 11.4. The number of likely N-dealkylation sites (N-methyl/N-ethyl adjacent to an activating group) is 1. The van der Waals surface area contributed by atoms with Gasteiger partial charge in [-0.2, -0.15) is 5.10 Å². The van der Waals surface area contributed by atoms with E-state index < -0.39 is 17.9 Å². The summed E-state index contributed by atoms with van der Waals surface area (Å²) in [6, 6.07) is 4.77. The molecule has 1 fully saturated rings. The van der Waals surface area contributed by atoms with Crippen molar-refractivity contribution < 1.29 is 19.4 Å². The Kier molecular flexibility index (Phi) is 3.34. The van der Waals surface area contributed by atoms with Crippen LogP contribution in [0.4, 0.5) is 0 Å². The van der Waals surface area contributed by atoms with Crippen LogP contribution >= 0.6 is 0 Å². The number of nitrogens with one attached hydrogen (secondary N) is 1. The van der Waals surface area contributed by atoms with Crippen molar-refractivity contribution in [3.8, 4) is 0 Å². The number of hydrogen-bond donors (Lipinski definition) is 2. The molecule has 1 saturated heterocycles. The topological polar surface area (TPSA) is 95.5 Å². The van der Waals surface area contributed by atoms with E-state index in [2.05, 4.69) is 10.2 Å². The highest BCUT2D eigenvalue weighted by atomic mass is 16.5. The number of rotatable bonds is 3. The number of fused-ring (bicyclic) bond motifs is 1. The van der Waals surface area contributed by atoms with Gasteiger partial charge in [-0.1, -0.05) is 0 Å². The second kappa shape index (κ2) is 5.17. The summed E-state index contributed by atoms with van der Waals surface area (Å²) in [5.41, 5.74) is 1.35. The second-order valence-corrected chi connectivity index (χ2v) is 5.14.